The molecule has 2 atom stereocenters. The van der Waals surface area contributed by atoms with E-state index in [-0.39, 0.29) is 11.3 Å². The first-order valence-corrected chi connectivity index (χ1v) is 10.4. The van der Waals surface area contributed by atoms with E-state index in [1.165, 1.54) is 32.1 Å². The van der Waals surface area contributed by atoms with Gasteiger partial charge in [-0.15, -0.1) is 0 Å². The van der Waals surface area contributed by atoms with Gasteiger partial charge < -0.3 is 9.80 Å². The topological polar surface area (TPSA) is 36.4 Å². The van der Waals surface area contributed by atoms with Gasteiger partial charge in [0.25, 0.3) is 5.91 Å². The standard InChI is InChI=1S/C22H33N3O/c1-21(2)13-18-14-22(3,15-21)16-25(18)20(26)17-8-9-23-19(12-17)24-10-6-4-5-7-11-24/h8-9,12,18H,4-7,10-11,13-16H2,1-3H3. The summed E-state index contributed by atoms with van der Waals surface area (Å²) in [6.45, 7) is 10.1. The van der Waals surface area contributed by atoms with E-state index in [1.807, 2.05) is 18.3 Å². The number of fused-ring (bicyclic) bond motifs is 2. The zero-order valence-electron chi connectivity index (χ0n) is 16.6. The van der Waals surface area contributed by atoms with Gasteiger partial charge in [-0.25, -0.2) is 4.98 Å². The highest BCUT2D eigenvalue weighted by Crippen LogP contribution is 2.52. The second kappa shape index (κ2) is 6.54. The van der Waals surface area contributed by atoms with Crippen molar-refractivity contribution in [3.05, 3.63) is 23.9 Å². The van der Waals surface area contributed by atoms with Gasteiger partial charge in [-0.1, -0.05) is 33.6 Å². The van der Waals surface area contributed by atoms with Crippen molar-refractivity contribution in [2.75, 3.05) is 24.5 Å². The van der Waals surface area contributed by atoms with Crippen molar-refractivity contribution < 1.29 is 4.79 Å². The molecule has 1 aromatic rings. The Balaban J connectivity index is 1.54. The maximum Gasteiger partial charge on any atom is 0.254 e. The fourth-order valence-electron chi connectivity index (χ4n) is 5.89. The Kier molecular flexibility index (Phi) is 4.48. The molecule has 2 saturated heterocycles. The van der Waals surface area contributed by atoms with Gasteiger partial charge in [-0.3, -0.25) is 4.79 Å². The Morgan fingerprint density at radius 1 is 1.12 bits per heavy atom. The Bertz CT molecular complexity index is 678. The molecule has 1 saturated carbocycles. The maximum absolute atomic E-state index is 13.3. The minimum absolute atomic E-state index is 0.204. The fourth-order valence-corrected chi connectivity index (χ4v) is 5.89. The van der Waals surface area contributed by atoms with Crippen molar-refractivity contribution in [2.45, 2.75) is 71.8 Å². The molecule has 0 aromatic carbocycles. The minimum Gasteiger partial charge on any atom is -0.357 e. The third-order valence-corrected chi connectivity index (χ3v) is 6.60. The molecule has 142 valence electrons. The molecule has 4 rings (SSSR count). The first kappa shape index (κ1) is 17.8. The fraction of sp³-hybridized carbons (Fsp3) is 0.727. The van der Waals surface area contributed by atoms with Crippen LogP contribution in [0.4, 0.5) is 5.82 Å². The number of likely N-dealkylation sites (tertiary alicyclic amines) is 1. The highest BCUT2D eigenvalue weighted by atomic mass is 16.2. The Morgan fingerprint density at radius 2 is 1.85 bits per heavy atom. The monoisotopic (exact) mass is 355 g/mol. The van der Waals surface area contributed by atoms with Gasteiger partial charge in [-0.2, -0.15) is 0 Å². The predicted octanol–water partition coefficient (Wildman–Crippen LogP) is 4.50. The number of carbonyl (C=O) groups is 1. The van der Waals surface area contributed by atoms with Crippen LogP contribution >= 0.6 is 0 Å². The normalized spacial score (nSPS) is 31.0. The molecule has 2 unspecified atom stereocenters. The predicted molar refractivity (Wildman–Crippen MR) is 105 cm³/mol. The van der Waals surface area contributed by atoms with Crippen LogP contribution in [-0.4, -0.2) is 41.5 Å². The summed E-state index contributed by atoms with van der Waals surface area (Å²) in [5.41, 5.74) is 1.43. The van der Waals surface area contributed by atoms with E-state index in [4.69, 9.17) is 0 Å². The number of carbonyl (C=O) groups excluding carboxylic acids is 1. The number of anilines is 1. The van der Waals surface area contributed by atoms with Crippen LogP contribution in [0.25, 0.3) is 0 Å². The molecule has 3 fully saturated rings. The lowest BCUT2D eigenvalue weighted by Gasteiger charge is -2.39. The SMILES string of the molecule is CC1(C)CC2CC(C)(CN2C(=O)c2ccnc(N3CCCCCC3)c2)C1. The summed E-state index contributed by atoms with van der Waals surface area (Å²) in [6, 6.07) is 4.33. The van der Waals surface area contributed by atoms with Crippen LogP contribution in [0.3, 0.4) is 0 Å². The van der Waals surface area contributed by atoms with E-state index in [2.05, 4.69) is 35.6 Å². The molecule has 0 spiro atoms. The molecule has 0 radical (unpaired) electrons. The molecule has 0 N–H and O–H groups in total. The first-order valence-electron chi connectivity index (χ1n) is 10.4. The van der Waals surface area contributed by atoms with E-state index in [0.717, 1.165) is 43.9 Å². The van der Waals surface area contributed by atoms with Gasteiger partial charge in [0.2, 0.25) is 0 Å². The molecular weight excluding hydrogens is 322 g/mol. The van der Waals surface area contributed by atoms with Crippen LogP contribution < -0.4 is 4.90 Å². The molecule has 3 heterocycles. The number of aromatic nitrogens is 1. The third-order valence-electron chi connectivity index (χ3n) is 6.60. The van der Waals surface area contributed by atoms with Crippen molar-refractivity contribution in [3.8, 4) is 0 Å². The summed E-state index contributed by atoms with van der Waals surface area (Å²) in [7, 11) is 0. The first-order chi connectivity index (χ1) is 12.4. The summed E-state index contributed by atoms with van der Waals surface area (Å²) < 4.78 is 0. The average molecular weight is 356 g/mol. The van der Waals surface area contributed by atoms with Gasteiger partial charge in [0, 0.05) is 37.4 Å². The van der Waals surface area contributed by atoms with Crippen molar-refractivity contribution >= 4 is 11.7 Å². The van der Waals surface area contributed by atoms with E-state index >= 15 is 0 Å². The van der Waals surface area contributed by atoms with Crippen molar-refractivity contribution in [3.63, 3.8) is 0 Å². The van der Waals surface area contributed by atoms with E-state index < -0.39 is 0 Å². The zero-order valence-corrected chi connectivity index (χ0v) is 16.6. The van der Waals surface area contributed by atoms with Gasteiger partial charge in [-0.05, 0) is 55.1 Å². The summed E-state index contributed by atoms with van der Waals surface area (Å²) in [5.74, 6) is 1.18. The lowest BCUT2D eigenvalue weighted by Crippen LogP contribution is -2.37. The Morgan fingerprint density at radius 3 is 2.58 bits per heavy atom. The molecule has 1 amide bonds. The lowest BCUT2D eigenvalue weighted by atomic mass is 9.65. The van der Waals surface area contributed by atoms with Crippen LogP contribution in [-0.2, 0) is 0 Å². The van der Waals surface area contributed by atoms with Crippen molar-refractivity contribution in [1.29, 1.82) is 0 Å². The highest BCUT2D eigenvalue weighted by molar-refractivity contribution is 5.95. The van der Waals surface area contributed by atoms with Crippen LogP contribution in [0.5, 0.6) is 0 Å². The van der Waals surface area contributed by atoms with Gasteiger partial charge >= 0.3 is 0 Å². The number of pyridine rings is 1. The van der Waals surface area contributed by atoms with Gasteiger partial charge in [0.05, 0.1) is 0 Å². The average Bonchev–Trinajstić information content (AvgIpc) is 2.77. The van der Waals surface area contributed by atoms with E-state index in [1.54, 1.807) is 0 Å². The number of nitrogens with zero attached hydrogens (tertiary/aromatic N) is 3. The lowest BCUT2D eigenvalue weighted by molar-refractivity contribution is 0.0708. The number of hydrogen-bond acceptors (Lipinski definition) is 3. The zero-order chi connectivity index (χ0) is 18.4. The van der Waals surface area contributed by atoms with E-state index in [0.29, 0.717) is 11.5 Å². The maximum atomic E-state index is 13.3. The van der Waals surface area contributed by atoms with E-state index in [9.17, 15) is 4.79 Å². The van der Waals surface area contributed by atoms with Crippen LogP contribution in [0, 0.1) is 10.8 Å². The molecule has 2 aliphatic heterocycles. The smallest absolute Gasteiger partial charge is 0.254 e. The molecular formula is C22H33N3O. The summed E-state index contributed by atoms with van der Waals surface area (Å²) in [4.78, 5) is 22.4. The van der Waals surface area contributed by atoms with Gasteiger partial charge in [0.15, 0.2) is 0 Å². The molecule has 1 aromatic heterocycles. The van der Waals surface area contributed by atoms with Gasteiger partial charge in [0.1, 0.15) is 5.82 Å². The third kappa shape index (κ3) is 3.47. The minimum atomic E-state index is 0.204. The van der Waals surface area contributed by atoms with Crippen molar-refractivity contribution in [2.24, 2.45) is 10.8 Å². The molecule has 4 heteroatoms. The second-order valence-corrected chi connectivity index (χ2v) is 9.95. The molecule has 26 heavy (non-hydrogen) atoms. The number of amides is 1. The number of rotatable bonds is 2. The van der Waals surface area contributed by atoms with Crippen LogP contribution in [0.15, 0.2) is 18.3 Å². The van der Waals surface area contributed by atoms with Crippen LogP contribution in [0.2, 0.25) is 0 Å². The molecule has 2 bridgehead atoms. The molecule has 4 nitrogen and oxygen atoms in total. The second-order valence-electron chi connectivity index (χ2n) is 9.95. The molecule has 1 aliphatic carbocycles. The summed E-state index contributed by atoms with van der Waals surface area (Å²) in [6.07, 6.45) is 10.4. The Hall–Kier alpha value is -1.58. The Labute approximate surface area is 158 Å². The van der Waals surface area contributed by atoms with Crippen molar-refractivity contribution in [1.82, 2.24) is 9.88 Å². The summed E-state index contributed by atoms with van der Waals surface area (Å²) >= 11 is 0. The van der Waals surface area contributed by atoms with Crippen LogP contribution in [0.1, 0.15) is 76.1 Å². The highest BCUT2D eigenvalue weighted by Gasteiger charge is 2.51. The summed E-state index contributed by atoms with van der Waals surface area (Å²) in [5, 5.41) is 0. The quantitative estimate of drug-likeness (QED) is 0.783. The largest absolute Gasteiger partial charge is 0.357 e. The molecule has 3 aliphatic rings. The number of hydrogen-bond donors (Lipinski definition) is 0.